The molecule has 0 atom stereocenters. The minimum atomic E-state index is -1.10. The van der Waals surface area contributed by atoms with E-state index in [1.807, 2.05) is 42.6 Å². The van der Waals surface area contributed by atoms with Crippen LogP contribution >= 0.6 is 27.3 Å². The minimum Gasteiger partial charge on any atom is -0.476 e. The predicted octanol–water partition coefficient (Wildman–Crippen LogP) is 4.84. The van der Waals surface area contributed by atoms with Gasteiger partial charge in [-0.25, -0.2) is 9.78 Å². The standard InChI is InChI=1S/C15H10BrNO3S/c1-8-4-5-9(16)7-10(8)13-12(15(18)19)17-14(20-13)11-3-2-6-21-11/h2-7H,1H3,(H,18,19). The van der Waals surface area contributed by atoms with Crippen LogP contribution in [0.15, 0.2) is 44.6 Å². The van der Waals surface area contributed by atoms with Crippen molar-refractivity contribution in [1.82, 2.24) is 4.98 Å². The molecule has 0 aliphatic heterocycles. The molecule has 4 nitrogen and oxygen atoms in total. The Hall–Kier alpha value is -1.92. The molecule has 0 saturated carbocycles. The fraction of sp³-hybridized carbons (Fsp3) is 0.0667. The van der Waals surface area contributed by atoms with E-state index in [0.717, 1.165) is 20.5 Å². The first kappa shape index (κ1) is 14.0. The van der Waals surface area contributed by atoms with Crippen molar-refractivity contribution in [1.29, 1.82) is 0 Å². The van der Waals surface area contributed by atoms with E-state index in [0.29, 0.717) is 5.89 Å². The number of carbonyl (C=O) groups is 1. The van der Waals surface area contributed by atoms with Gasteiger partial charge in [-0.2, -0.15) is 0 Å². The van der Waals surface area contributed by atoms with Gasteiger partial charge in [0.05, 0.1) is 4.88 Å². The second-order valence-corrected chi connectivity index (χ2v) is 6.30. The molecule has 6 heteroatoms. The van der Waals surface area contributed by atoms with E-state index >= 15 is 0 Å². The summed E-state index contributed by atoms with van der Waals surface area (Å²) in [4.78, 5) is 16.4. The van der Waals surface area contributed by atoms with Crippen molar-refractivity contribution in [2.75, 3.05) is 0 Å². The van der Waals surface area contributed by atoms with Crippen LogP contribution in [0.4, 0.5) is 0 Å². The van der Waals surface area contributed by atoms with E-state index in [4.69, 9.17) is 4.42 Å². The number of carboxylic acids is 1. The molecule has 1 N–H and O–H groups in total. The van der Waals surface area contributed by atoms with Gasteiger partial charge in [-0.05, 0) is 36.1 Å². The Morgan fingerprint density at radius 2 is 2.19 bits per heavy atom. The molecule has 3 aromatic rings. The van der Waals surface area contributed by atoms with E-state index in [-0.39, 0.29) is 11.5 Å². The number of aromatic nitrogens is 1. The lowest BCUT2D eigenvalue weighted by atomic mass is 10.1. The number of hydrogen-bond acceptors (Lipinski definition) is 4. The van der Waals surface area contributed by atoms with E-state index in [1.165, 1.54) is 11.3 Å². The molecule has 0 aliphatic rings. The molecule has 0 bridgehead atoms. The van der Waals surface area contributed by atoms with Crippen molar-refractivity contribution in [3.8, 4) is 22.1 Å². The third-order valence-electron chi connectivity index (χ3n) is 3.01. The van der Waals surface area contributed by atoms with Crippen LogP contribution in [0, 0.1) is 6.92 Å². The number of oxazole rings is 1. The third-order valence-corrected chi connectivity index (χ3v) is 4.36. The van der Waals surface area contributed by atoms with Crippen LogP contribution in [-0.2, 0) is 0 Å². The second kappa shape index (κ2) is 5.46. The maximum atomic E-state index is 11.4. The summed E-state index contributed by atoms with van der Waals surface area (Å²) >= 11 is 4.85. The van der Waals surface area contributed by atoms with Crippen LogP contribution in [0.1, 0.15) is 16.1 Å². The van der Waals surface area contributed by atoms with Crippen LogP contribution in [0.5, 0.6) is 0 Å². The lowest BCUT2D eigenvalue weighted by Gasteiger charge is -2.03. The molecule has 1 aromatic carbocycles. The Bertz CT molecular complexity index is 808. The third kappa shape index (κ3) is 2.64. The van der Waals surface area contributed by atoms with Gasteiger partial charge in [-0.1, -0.05) is 28.1 Å². The van der Waals surface area contributed by atoms with Gasteiger partial charge in [0.1, 0.15) is 0 Å². The zero-order valence-corrected chi connectivity index (χ0v) is 13.4. The largest absolute Gasteiger partial charge is 0.476 e. The number of carboxylic acid groups (broad SMARTS) is 1. The first-order valence-corrected chi connectivity index (χ1v) is 7.78. The maximum Gasteiger partial charge on any atom is 0.358 e. The Morgan fingerprint density at radius 3 is 2.86 bits per heavy atom. The van der Waals surface area contributed by atoms with Gasteiger partial charge in [-0.15, -0.1) is 11.3 Å². The molecule has 2 aromatic heterocycles. The number of halogens is 1. The Kier molecular flexibility index (Phi) is 3.65. The highest BCUT2D eigenvalue weighted by atomic mass is 79.9. The molecule has 0 unspecified atom stereocenters. The number of aryl methyl sites for hydroxylation is 1. The van der Waals surface area contributed by atoms with Gasteiger partial charge in [0.2, 0.25) is 5.89 Å². The average molecular weight is 364 g/mol. The molecular weight excluding hydrogens is 354 g/mol. The summed E-state index contributed by atoms with van der Waals surface area (Å²) < 4.78 is 6.60. The smallest absolute Gasteiger partial charge is 0.358 e. The van der Waals surface area contributed by atoms with Gasteiger partial charge >= 0.3 is 5.97 Å². The molecule has 0 spiro atoms. The van der Waals surface area contributed by atoms with Crippen molar-refractivity contribution in [3.63, 3.8) is 0 Å². The van der Waals surface area contributed by atoms with Gasteiger partial charge in [-0.3, -0.25) is 0 Å². The summed E-state index contributed by atoms with van der Waals surface area (Å²) in [7, 11) is 0. The highest BCUT2D eigenvalue weighted by Gasteiger charge is 2.23. The summed E-state index contributed by atoms with van der Waals surface area (Å²) in [5.74, 6) is -0.489. The summed E-state index contributed by atoms with van der Waals surface area (Å²) in [6.07, 6.45) is 0. The first-order chi connectivity index (χ1) is 10.1. The van der Waals surface area contributed by atoms with Crippen LogP contribution in [0.3, 0.4) is 0 Å². The Balaban J connectivity index is 2.21. The quantitative estimate of drug-likeness (QED) is 0.722. The number of benzene rings is 1. The van der Waals surface area contributed by atoms with E-state index in [9.17, 15) is 9.90 Å². The SMILES string of the molecule is Cc1ccc(Br)cc1-c1oc(-c2cccs2)nc1C(=O)O. The number of thiophene rings is 1. The number of nitrogens with zero attached hydrogens (tertiary/aromatic N) is 1. The molecule has 0 amide bonds. The lowest BCUT2D eigenvalue weighted by molar-refractivity contribution is 0.0691. The number of rotatable bonds is 3. The average Bonchev–Trinajstić information content (AvgIpc) is 3.09. The maximum absolute atomic E-state index is 11.4. The van der Waals surface area contributed by atoms with E-state index in [2.05, 4.69) is 20.9 Å². The fourth-order valence-electron chi connectivity index (χ4n) is 1.99. The van der Waals surface area contributed by atoms with Gasteiger partial charge in [0.25, 0.3) is 0 Å². The number of aromatic carboxylic acids is 1. The normalized spacial score (nSPS) is 10.8. The van der Waals surface area contributed by atoms with Crippen molar-refractivity contribution in [2.24, 2.45) is 0 Å². The Morgan fingerprint density at radius 1 is 1.38 bits per heavy atom. The molecule has 3 rings (SSSR count). The molecule has 106 valence electrons. The summed E-state index contributed by atoms with van der Waals surface area (Å²) in [6.45, 7) is 1.90. The molecule has 0 fully saturated rings. The van der Waals surface area contributed by atoms with Crippen LogP contribution < -0.4 is 0 Å². The highest BCUT2D eigenvalue weighted by molar-refractivity contribution is 9.10. The summed E-state index contributed by atoms with van der Waals surface area (Å²) in [5.41, 5.74) is 1.58. The molecule has 0 saturated heterocycles. The molecule has 2 heterocycles. The lowest BCUT2D eigenvalue weighted by Crippen LogP contribution is -1.99. The topological polar surface area (TPSA) is 63.3 Å². The summed E-state index contributed by atoms with van der Waals surface area (Å²) in [5, 5.41) is 11.3. The molecular formula is C15H10BrNO3S. The van der Waals surface area contributed by atoms with Crippen LogP contribution in [0.25, 0.3) is 22.1 Å². The van der Waals surface area contributed by atoms with E-state index < -0.39 is 5.97 Å². The monoisotopic (exact) mass is 363 g/mol. The van der Waals surface area contributed by atoms with Gasteiger partial charge in [0, 0.05) is 10.0 Å². The van der Waals surface area contributed by atoms with Gasteiger partial charge < -0.3 is 9.52 Å². The second-order valence-electron chi connectivity index (χ2n) is 4.44. The molecule has 21 heavy (non-hydrogen) atoms. The zero-order valence-electron chi connectivity index (χ0n) is 11.0. The highest BCUT2D eigenvalue weighted by Crippen LogP contribution is 2.34. The van der Waals surface area contributed by atoms with E-state index in [1.54, 1.807) is 0 Å². The Labute approximate surface area is 133 Å². The zero-order chi connectivity index (χ0) is 15.0. The minimum absolute atomic E-state index is 0.0698. The van der Waals surface area contributed by atoms with Crippen molar-refractivity contribution < 1.29 is 14.3 Å². The van der Waals surface area contributed by atoms with Gasteiger partial charge in [0.15, 0.2) is 11.5 Å². The van der Waals surface area contributed by atoms with Crippen molar-refractivity contribution in [2.45, 2.75) is 6.92 Å². The fourth-order valence-corrected chi connectivity index (χ4v) is 3.00. The van der Waals surface area contributed by atoms with Crippen LogP contribution in [0.2, 0.25) is 0 Å². The first-order valence-electron chi connectivity index (χ1n) is 6.11. The molecule has 0 radical (unpaired) electrons. The van der Waals surface area contributed by atoms with Crippen molar-refractivity contribution >= 4 is 33.2 Å². The predicted molar refractivity (Wildman–Crippen MR) is 84.6 cm³/mol. The molecule has 0 aliphatic carbocycles. The van der Waals surface area contributed by atoms with Crippen LogP contribution in [-0.4, -0.2) is 16.1 Å². The van der Waals surface area contributed by atoms with Crippen molar-refractivity contribution in [3.05, 3.63) is 51.4 Å². The number of hydrogen-bond donors (Lipinski definition) is 1. The summed E-state index contributed by atoms with van der Waals surface area (Å²) in [6, 6.07) is 9.35.